The van der Waals surface area contributed by atoms with Gasteiger partial charge in [-0.25, -0.2) is 4.98 Å². The predicted molar refractivity (Wildman–Crippen MR) is 144 cm³/mol. The lowest BCUT2D eigenvalue weighted by Crippen LogP contribution is -2.37. The van der Waals surface area contributed by atoms with Gasteiger partial charge in [-0.2, -0.15) is 0 Å². The molecule has 196 valence electrons. The zero-order valence-corrected chi connectivity index (χ0v) is 21.8. The maximum atomic E-state index is 9.26. The minimum Gasteiger partial charge on any atom is -0.493 e. The molecule has 1 fully saturated rings. The molecule has 1 saturated heterocycles. The van der Waals surface area contributed by atoms with Crippen molar-refractivity contribution in [3.8, 4) is 23.1 Å². The van der Waals surface area contributed by atoms with Crippen molar-refractivity contribution in [3.63, 3.8) is 0 Å². The van der Waals surface area contributed by atoms with Gasteiger partial charge in [0.1, 0.15) is 17.6 Å². The molecule has 0 unspecified atom stereocenters. The number of hydrogen-bond donors (Lipinski definition) is 1. The highest BCUT2D eigenvalue weighted by Crippen LogP contribution is 2.48. The lowest BCUT2D eigenvalue weighted by atomic mass is 9.82. The van der Waals surface area contributed by atoms with Crippen molar-refractivity contribution in [1.29, 1.82) is 5.41 Å². The van der Waals surface area contributed by atoms with Crippen molar-refractivity contribution in [1.82, 2.24) is 14.5 Å². The smallest absolute Gasteiger partial charge is 0.228 e. The van der Waals surface area contributed by atoms with Gasteiger partial charge in [-0.3, -0.25) is 10.3 Å². The van der Waals surface area contributed by atoms with Crippen molar-refractivity contribution < 1.29 is 18.9 Å². The molecule has 8 nitrogen and oxygen atoms in total. The van der Waals surface area contributed by atoms with Gasteiger partial charge in [0.25, 0.3) is 0 Å². The molecule has 3 heterocycles. The van der Waals surface area contributed by atoms with E-state index in [0.29, 0.717) is 29.4 Å². The number of aryl methyl sites for hydroxylation is 1. The molecule has 8 heteroatoms. The van der Waals surface area contributed by atoms with E-state index < -0.39 is 0 Å². The number of nitrogens with zero attached hydrogens (tertiary/aromatic N) is 3. The quantitative estimate of drug-likeness (QED) is 0.345. The maximum absolute atomic E-state index is 9.26. The fourth-order valence-corrected chi connectivity index (χ4v) is 5.54. The molecular formula is C30H32N4O4. The normalized spacial score (nSPS) is 16.9. The van der Waals surface area contributed by atoms with Crippen LogP contribution < -0.4 is 19.7 Å². The number of rotatable bonds is 7. The van der Waals surface area contributed by atoms with E-state index in [0.717, 1.165) is 72.5 Å². The van der Waals surface area contributed by atoms with E-state index in [1.165, 1.54) is 0 Å². The molecule has 1 aromatic heterocycles. The average Bonchev–Trinajstić information content (AvgIpc) is 2.97. The van der Waals surface area contributed by atoms with E-state index in [4.69, 9.17) is 23.9 Å². The summed E-state index contributed by atoms with van der Waals surface area (Å²) in [5.41, 5.74) is 3.17. The van der Waals surface area contributed by atoms with Crippen LogP contribution >= 0.6 is 0 Å². The number of hydrogen-bond acceptors (Lipinski definition) is 7. The van der Waals surface area contributed by atoms with Crippen LogP contribution in [0.1, 0.15) is 29.0 Å². The summed E-state index contributed by atoms with van der Waals surface area (Å²) >= 11 is 0. The molecule has 0 bridgehead atoms. The van der Waals surface area contributed by atoms with Gasteiger partial charge in [-0.05, 0) is 29.5 Å². The molecule has 6 rings (SSSR count). The van der Waals surface area contributed by atoms with Crippen LogP contribution in [0, 0.1) is 5.41 Å². The summed E-state index contributed by atoms with van der Waals surface area (Å²) < 4.78 is 25.0. The largest absolute Gasteiger partial charge is 0.493 e. The molecule has 0 radical (unpaired) electrons. The highest BCUT2D eigenvalue weighted by molar-refractivity contribution is 5.91. The summed E-state index contributed by atoms with van der Waals surface area (Å²) in [7, 11) is 3.27. The Morgan fingerprint density at radius 2 is 1.79 bits per heavy atom. The summed E-state index contributed by atoms with van der Waals surface area (Å²) in [6, 6.07) is 18.4. The van der Waals surface area contributed by atoms with Crippen molar-refractivity contribution >= 4 is 10.8 Å². The minimum atomic E-state index is -0.246. The van der Waals surface area contributed by atoms with Gasteiger partial charge in [-0.1, -0.05) is 42.5 Å². The average molecular weight is 513 g/mol. The van der Waals surface area contributed by atoms with Crippen LogP contribution in [0.5, 0.6) is 23.1 Å². The molecular weight excluding hydrogens is 480 g/mol. The van der Waals surface area contributed by atoms with Gasteiger partial charge in [0.05, 0.1) is 33.0 Å². The monoisotopic (exact) mass is 512 g/mol. The first kappa shape index (κ1) is 24.5. The second-order valence-corrected chi connectivity index (χ2v) is 9.67. The van der Waals surface area contributed by atoms with Crippen LogP contribution in [-0.2, 0) is 11.3 Å². The summed E-state index contributed by atoms with van der Waals surface area (Å²) in [4.78, 5) is 7.15. The van der Waals surface area contributed by atoms with E-state index in [-0.39, 0.29) is 5.92 Å². The first-order valence-corrected chi connectivity index (χ1v) is 13.0. The highest BCUT2D eigenvalue weighted by atomic mass is 16.5. The van der Waals surface area contributed by atoms with Crippen LogP contribution in [0.25, 0.3) is 10.8 Å². The molecule has 1 atom stereocenters. The van der Waals surface area contributed by atoms with E-state index in [1.807, 2.05) is 34.9 Å². The molecule has 4 aromatic rings. The second kappa shape index (κ2) is 10.5. The van der Waals surface area contributed by atoms with E-state index in [2.05, 4.69) is 29.2 Å². The minimum absolute atomic E-state index is 0.246. The van der Waals surface area contributed by atoms with Crippen LogP contribution in [0.4, 0.5) is 0 Å². The topological polar surface area (TPSA) is 81.8 Å². The number of methoxy groups -OCH3 is 2. The Labute approximate surface area is 221 Å². The van der Waals surface area contributed by atoms with E-state index in [1.54, 1.807) is 20.5 Å². The standard InChI is InChI=1S/C30H32N4O4/c1-35-24-11-9-21(18-25(24)36-2)26-23-10-8-20-6-3-4-7-22(20)28(23)38-30-27(26)29(31)34(19-32-30)13-5-12-33-14-16-37-17-15-33/h3-4,6-11,18-19,26,31H,5,12-17H2,1-2H3/t26-/m0/s1. The van der Waals surface area contributed by atoms with Gasteiger partial charge >= 0.3 is 0 Å². The van der Waals surface area contributed by atoms with Crippen molar-refractivity contribution in [2.45, 2.75) is 18.9 Å². The third kappa shape index (κ3) is 4.40. The van der Waals surface area contributed by atoms with Gasteiger partial charge in [0.2, 0.25) is 5.88 Å². The molecule has 1 N–H and O–H groups in total. The van der Waals surface area contributed by atoms with Crippen LogP contribution in [0.15, 0.2) is 60.9 Å². The second-order valence-electron chi connectivity index (χ2n) is 9.67. The fourth-order valence-electron chi connectivity index (χ4n) is 5.54. The Balaban J connectivity index is 1.44. The summed E-state index contributed by atoms with van der Waals surface area (Å²) in [6.07, 6.45) is 2.67. The molecule has 38 heavy (non-hydrogen) atoms. The number of ether oxygens (including phenoxy) is 4. The first-order valence-electron chi connectivity index (χ1n) is 13.0. The van der Waals surface area contributed by atoms with Gasteiger partial charge in [-0.15, -0.1) is 0 Å². The third-order valence-corrected chi connectivity index (χ3v) is 7.51. The summed E-state index contributed by atoms with van der Waals surface area (Å²) in [5, 5.41) is 11.4. The number of nitrogens with one attached hydrogen (secondary N) is 1. The van der Waals surface area contributed by atoms with E-state index in [9.17, 15) is 5.41 Å². The van der Waals surface area contributed by atoms with Crippen molar-refractivity contribution in [3.05, 3.63) is 83.1 Å². The molecule has 0 spiro atoms. The zero-order chi connectivity index (χ0) is 26.1. The Kier molecular flexibility index (Phi) is 6.74. The molecule has 2 aliphatic heterocycles. The van der Waals surface area contributed by atoms with E-state index >= 15 is 0 Å². The lowest BCUT2D eigenvalue weighted by molar-refractivity contribution is 0.0369. The number of aromatic nitrogens is 2. The Morgan fingerprint density at radius 3 is 2.61 bits per heavy atom. The molecule has 2 aliphatic rings. The van der Waals surface area contributed by atoms with Gasteiger partial charge in [0.15, 0.2) is 11.5 Å². The Morgan fingerprint density at radius 1 is 0.974 bits per heavy atom. The number of morpholine rings is 1. The van der Waals surface area contributed by atoms with Gasteiger partial charge < -0.3 is 23.5 Å². The summed E-state index contributed by atoms with van der Waals surface area (Å²) in [6.45, 7) is 5.17. The van der Waals surface area contributed by atoms with Crippen molar-refractivity contribution in [2.75, 3.05) is 47.1 Å². The van der Waals surface area contributed by atoms with Crippen molar-refractivity contribution in [2.24, 2.45) is 0 Å². The zero-order valence-electron chi connectivity index (χ0n) is 21.8. The van der Waals surface area contributed by atoms with Gasteiger partial charge in [0, 0.05) is 43.0 Å². The number of fused-ring (bicyclic) bond motifs is 4. The first-order chi connectivity index (χ1) is 18.7. The molecule has 0 amide bonds. The van der Waals surface area contributed by atoms with Crippen LogP contribution in [-0.4, -0.2) is 61.5 Å². The fraction of sp³-hybridized carbons (Fsp3) is 0.333. The summed E-state index contributed by atoms with van der Waals surface area (Å²) in [5.74, 6) is 2.33. The highest BCUT2D eigenvalue weighted by Gasteiger charge is 2.33. The Hall–Kier alpha value is -3.88. The molecule has 0 saturated carbocycles. The molecule has 0 aliphatic carbocycles. The Bertz CT molecular complexity index is 1530. The predicted octanol–water partition coefficient (Wildman–Crippen LogP) is 4.54. The maximum Gasteiger partial charge on any atom is 0.228 e. The third-order valence-electron chi connectivity index (χ3n) is 7.51. The molecule has 3 aromatic carbocycles. The lowest BCUT2D eigenvalue weighted by Gasteiger charge is -2.30. The van der Waals surface area contributed by atoms with Crippen LogP contribution in [0.2, 0.25) is 0 Å². The number of benzene rings is 3. The SMILES string of the molecule is COc1ccc([C@H]2c3ccc4ccccc4c3Oc3ncn(CCCN4CCOCC4)c(=N)c32)cc1OC. The van der Waals surface area contributed by atoms with Crippen LogP contribution in [0.3, 0.4) is 0 Å².